The largest absolute Gasteiger partial charge is 0.494 e. The van der Waals surface area contributed by atoms with E-state index in [1.165, 1.54) is 5.56 Å². The summed E-state index contributed by atoms with van der Waals surface area (Å²) in [5, 5.41) is 3.54. The molecule has 1 amide bonds. The van der Waals surface area contributed by atoms with Gasteiger partial charge in [0.2, 0.25) is 0 Å². The Hall–Kier alpha value is -3.27. The molecule has 4 heteroatoms. The third kappa shape index (κ3) is 3.33. The number of fused-ring (bicyclic) bond motifs is 1. The van der Waals surface area contributed by atoms with Crippen LogP contribution < -0.4 is 15.0 Å². The van der Waals surface area contributed by atoms with Gasteiger partial charge in [0, 0.05) is 11.4 Å². The van der Waals surface area contributed by atoms with Gasteiger partial charge in [-0.25, -0.2) is 0 Å². The minimum atomic E-state index is -0.287. The summed E-state index contributed by atoms with van der Waals surface area (Å²) in [6, 6.07) is 23.8. The van der Waals surface area contributed by atoms with E-state index >= 15 is 0 Å². The van der Waals surface area contributed by atoms with Crippen LogP contribution in [0.4, 0.5) is 11.4 Å². The number of para-hydroxylation sites is 1. The van der Waals surface area contributed by atoms with E-state index < -0.39 is 0 Å². The highest BCUT2D eigenvalue weighted by atomic mass is 16.5. The summed E-state index contributed by atoms with van der Waals surface area (Å²) in [7, 11) is 0. The second-order valence-electron chi connectivity index (χ2n) is 6.79. The number of hydrogen-bond acceptors (Lipinski definition) is 3. The molecule has 1 atom stereocenters. The summed E-state index contributed by atoms with van der Waals surface area (Å²) >= 11 is 0. The van der Waals surface area contributed by atoms with Crippen molar-refractivity contribution in [3.05, 3.63) is 89.5 Å². The minimum absolute atomic E-state index is 0.00233. The molecule has 1 N–H and O–H groups in total. The van der Waals surface area contributed by atoms with Crippen LogP contribution in [0.2, 0.25) is 0 Å². The zero-order chi connectivity index (χ0) is 19.5. The highest BCUT2D eigenvalue weighted by Gasteiger charge is 2.33. The molecule has 0 bridgehead atoms. The summed E-state index contributed by atoms with van der Waals surface area (Å²) in [5.74, 6) is 0.824. The SMILES string of the molecule is CCOc1ccc([C@H]2Nc3ccccc3C(=O)N2c2ccc(CC)cc2)cc1. The molecule has 0 fully saturated rings. The molecule has 0 radical (unpaired) electrons. The van der Waals surface area contributed by atoms with Crippen LogP contribution in [-0.2, 0) is 6.42 Å². The lowest BCUT2D eigenvalue weighted by Crippen LogP contribution is -2.43. The van der Waals surface area contributed by atoms with Gasteiger partial charge in [0.1, 0.15) is 11.9 Å². The maximum Gasteiger partial charge on any atom is 0.262 e. The Morgan fingerprint density at radius 2 is 1.64 bits per heavy atom. The number of carbonyl (C=O) groups excluding carboxylic acids is 1. The standard InChI is InChI=1S/C24H24N2O2/c1-3-17-9-13-19(14-10-17)26-23(18-11-15-20(16-12-18)28-4-2)25-22-8-6-5-7-21(22)24(26)27/h5-16,23,25H,3-4H2,1-2H3/t23-/m0/s1. The van der Waals surface area contributed by atoms with Gasteiger partial charge in [-0.1, -0.05) is 43.3 Å². The molecule has 3 aromatic carbocycles. The Bertz CT molecular complexity index is 965. The zero-order valence-electron chi connectivity index (χ0n) is 16.2. The lowest BCUT2D eigenvalue weighted by atomic mass is 10.0. The van der Waals surface area contributed by atoms with E-state index in [1.54, 1.807) is 0 Å². The van der Waals surface area contributed by atoms with Crippen molar-refractivity contribution in [2.24, 2.45) is 0 Å². The molecule has 1 aliphatic rings. The molecule has 28 heavy (non-hydrogen) atoms. The van der Waals surface area contributed by atoms with Crippen molar-refractivity contribution in [1.29, 1.82) is 0 Å². The zero-order valence-corrected chi connectivity index (χ0v) is 16.2. The third-order valence-corrected chi connectivity index (χ3v) is 5.06. The molecule has 0 aliphatic carbocycles. The predicted octanol–water partition coefficient (Wildman–Crippen LogP) is 5.42. The van der Waals surface area contributed by atoms with Crippen molar-refractivity contribution >= 4 is 17.3 Å². The Balaban J connectivity index is 1.77. The van der Waals surface area contributed by atoms with Gasteiger partial charge in [0.05, 0.1) is 12.2 Å². The fourth-order valence-corrected chi connectivity index (χ4v) is 3.56. The van der Waals surface area contributed by atoms with Gasteiger partial charge in [0.25, 0.3) is 5.91 Å². The number of hydrogen-bond donors (Lipinski definition) is 1. The number of nitrogens with zero attached hydrogens (tertiary/aromatic N) is 1. The van der Waals surface area contributed by atoms with Crippen LogP contribution in [0.3, 0.4) is 0 Å². The number of aryl methyl sites for hydroxylation is 1. The van der Waals surface area contributed by atoms with E-state index in [-0.39, 0.29) is 12.1 Å². The normalized spacial score (nSPS) is 15.7. The van der Waals surface area contributed by atoms with E-state index in [1.807, 2.05) is 72.5 Å². The number of amides is 1. The lowest BCUT2D eigenvalue weighted by molar-refractivity contribution is 0.0975. The van der Waals surface area contributed by atoms with Crippen LogP contribution in [0, 0.1) is 0 Å². The van der Waals surface area contributed by atoms with Crippen molar-refractivity contribution in [3.8, 4) is 5.75 Å². The maximum atomic E-state index is 13.4. The van der Waals surface area contributed by atoms with Gasteiger partial charge in [-0.3, -0.25) is 9.69 Å². The van der Waals surface area contributed by atoms with Gasteiger partial charge < -0.3 is 10.1 Å². The van der Waals surface area contributed by atoms with E-state index in [4.69, 9.17) is 4.74 Å². The molecule has 142 valence electrons. The number of anilines is 2. The van der Waals surface area contributed by atoms with Crippen LogP contribution in [0.1, 0.15) is 41.5 Å². The lowest BCUT2D eigenvalue weighted by Gasteiger charge is -2.38. The monoisotopic (exact) mass is 372 g/mol. The van der Waals surface area contributed by atoms with Gasteiger partial charge >= 0.3 is 0 Å². The van der Waals surface area contributed by atoms with Crippen molar-refractivity contribution in [3.63, 3.8) is 0 Å². The van der Waals surface area contributed by atoms with Crippen molar-refractivity contribution in [2.75, 3.05) is 16.8 Å². The Morgan fingerprint density at radius 3 is 2.32 bits per heavy atom. The molecule has 4 rings (SSSR count). The van der Waals surface area contributed by atoms with Crippen LogP contribution in [-0.4, -0.2) is 12.5 Å². The first kappa shape index (κ1) is 18.1. The highest BCUT2D eigenvalue weighted by Crippen LogP contribution is 2.37. The summed E-state index contributed by atoms with van der Waals surface area (Å²) < 4.78 is 5.56. The molecule has 1 aliphatic heterocycles. The van der Waals surface area contributed by atoms with Gasteiger partial charge in [-0.2, -0.15) is 0 Å². The van der Waals surface area contributed by atoms with Crippen molar-refractivity contribution in [2.45, 2.75) is 26.4 Å². The first-order valence-electron chi connectivity index (χ1n) is 9.72. The topological polar surface area (TPSA) is 41.6 Å². The van der Waals surface area contributed by atoms with Crippen LogP contribution >= 0.6 is 0 Å². The summed E-state index contributed by atoms with van der Waals surface area (Å²) in [6.07, 6.45) is 0.683. The van der Waals surface area contributed by atoms with Crippen LogP contribution in [0.5, 0.6) is 5.75 Å². The first-order chi connectivity index (χ1) is 13.7. The first-order valence-corrected chi connectivity index (χ1v) is 9.72. The number of carbonyl (C=O) groups is 1. The maximum absolute atomic E-state index is 13.4. The number of ether oxygens (including phenoxy) is 1. The molecule has 0 aromatic heterocycles. The van der Waals surface area contributed by atoms with Crippen molar-refractivity contribution in [1.82, 2.24) is 0 Å². The average molecular weight is 372 g/mol. The molecule has 0 unspecified atom stereocenters. The van der Waals surface area contributed by atoms with Crippen LogP contribution in [0.25, 0.3) is 0 Å². The summed E-state index contributed by atoms with van der Waals surface area (Å²) in [4.78, 5) is 15.2. The molecule has 0 saturated heterocycles. The number of benzene rings is 3. The minimum Gasteiger partial charge on any atom is -0.494 e. The highest BCUT2D eigenvalue weighted by molar-refractivity contribution is 6.12. The van der Waals surface area contributed by atoms with E-state index in [0.717, 1.165) is 29.1 Å². The van der Waals surface area contributed by atoms with E-state index in [2.05, 4.69) is 24.4 Å². The average Bonchev–Trinajstić information content (AvgIpc) is 2.75. The molecule has 0 saturated carbocycles. The Morgan fingerprint density at radius 1 is 0.929 bits per heavy atom. The smallest absolute Gasteiger partial charge is 0.262 e. The Kier molecular flexibility index (Phi) is 5.02. The van der Waals surface area contributed by atoms with Crippen LogP contribution in [0.15, 0.2) is 72.8 Å². The fourth-order valence-electron chi connectivity index (χ4n) is 3.56. The second kappa shape index (κ2) is 7.77. The van der Waals surface area contributed by atoms with Gasteiger partial charge in [-0.15, -0.1) is 0 Å². The number of nitrogens with one attached hydrogen (secondary N) is 1. The summed E-state index contributed by atoms with van der Waals surface area (Å²) in [6.45, 7) is 4.72. The molecule has 3 aromatic rings. The predicted molar refractivity (Wildman–Crippen MR) is 113 cm³/mol. The quantitative estimate of drug-likeness (QED) is 0.650. The molecule has 1 heterocycles. The number of rotatable bonds is 5. The van der Waals surface area contributed by atoms with E-state index in [0.29, 0.717) is 12.2 Å². The summed E-state index contributed by atoms with van der Waals surface area (Å²) in [5.41, 5.74) is 4.67. The Labute approximate surface area is 165 Å². The van der Waals surface area contributed by atoms with E-state index in [9.17, 15) is 4.79 Å². The fraction of sp³-hybridized carbons (Fsp3) is 0.208. The molecule has 0 spiro atoms. The molecular formula is C24H24N2O2. The second-order valence-corrected chi connectivity index (χ2v) is 6.79. The third-order valence-electron chi connectivity index (χ3n) is 5.06. The van der Waals surface area contributed by atoms with Crippen molar-refractivity contribution < 1.29 is 9.53 Å². The van der Waals surface area contributed by atoms with Gasteiger partial charge in [-0.05, 0) is 60.9 Å². The van der Waals surface area contributed by atoms with Gasteiger partial charge in [0.15, 0.2) is 0 Å². The molecular weight excluding hydrogens is 348 g/mol. The molecule has 4 nitrogen and oxygen atoms in total.